The molecule has 1 unspecified atom stereocenters. The molecule has 4 heteroatoms. The molecule has 4 nitrogen and oxygen atoms in total. The third-order valence-electron chi connectivity index (χ3n) is 5.68. The van der Waals surface area contributed by atoms with Crippen molar-refractivity contribution in [3.63, 3.8) is 0 Å². The van der Waals surface area contributed by atoms with Crippen LogP contribution in [-0.2, 0) is 5.41 Å². The lowest BCUT2D eigenvalue weighted by Gasteiger charge is -2.30. The zero-order valence-electron chi connectivity index (χ0n) is 17.2. The molecule has 27 heavy (non-hydrogen) atoms. The van der Waals surface area contributed by atoms with Crippen LogP contribution in [0.3, 0.4) is 0 Å². The van der Waals surface area contributed by atoms with Gasteiger partial charge in [-0.1, -0.05) is 32.9 Å². The van der Waals surface area contributed by atoms with Crippen molar-refractivity contribution < 1.29 is 0 Å². The Kier molecular flexibility index (Phi) is 4.10. The summed E-state index contributed by atoms with van der Waals surface area (Å²) in [5, 5.41) is 6.99. The fourth-order valence-electron chi connectivity index (χ4n) is 4.07. The van der Waals surface area contributed by atoms with E-state index in [2.05, 4.69) is 105 Å². The number of anilines is 4. The Hall–Kier alpha value is -2.62. The molecule has 2 heterocycles. The Morgan fingerprint density at radius 3 is 2.33 bits per heavy atom. The van der Waals surface area contributed by atoms with Crippen LogP contribution in [0.1, 0.15) is 45.7 Å². The molecule has 2 aromatic rings. The first-order valence-electron chi connectivity index (χ1n) is 9.78. The third kappa shape index (κ3) is 2.93. The lowest BCUT2D eigenvalue weighted by atomic mass is 9.86. The zero-order valence-corrected chi connectivity index (χ0v) is 17.2. The maximum absolute atomic E-state index is 3.64. The highest BCUT2D eigenvalue weighted by atomic mass is 15.3. The summed E-state index contributed by atoms with van der Waals surface area (Å²) in [4.78, 5) is 4.72. The Labute approximate surface area is 162 Å². The van der Waals surface area contributed by atoms with Crippen LogP contribution < -0.4 is 20.4 Å². The second-order valence-corrected chi connectivity index (χ2v) is 8.66. The molecule has 0 fully saturated rings. The highest BCUT2D eigenvalue weighted by molar-refractivity contribution is 5.85. The molecule has 142 valence electrons. The zero-order chi connectivity index (χ0) is 19.3. The first-order valence-corrected chi connectivity index (χ1v) is 9.78. The highest BCUT2D eigenvalue weighted by Crippen LogP contribution is 2.44. The largest absolute Gasteiger partial charge is 0.370 e. The standard InChI is InChI=1S/C23H30N4/c1-15-20(26-13-12-24-16(26)2)8-7-9-21(15)27-17(3)25-19-11-10-18(14-22(19)27)23(4,5)6/h7-14,16-17,24-25H,1-6H3/t16?,17-/m1/s1. The summed E-state index contributed by atoms with van der Waals surface area (Å²) in [5.74, 6) is 0. The number of nitrogens with zero attached hydrogens (tertiary/aromatic N) is 2. The van der Waals surface area contributed by atoms with E-state index in [4.69, 9.17) is 0 Å². The highest BCUT2D eigenvalue weighted by Gasteiger charge is 2.30. The maximum Gasteiger partial charge on any atom is 0.101 e. The molecule has 2 aromatic carbocycles. The molecule has 0 saturated carbocycles. The van der Waals surface area contributed by atoms with E-state index in [0.29, 0.717) is 0 Å². The number of nitrogens with one attached hydrogen (secondary N) is 2. The fraction of sp³-hybridized carbons (Fsp3) is 0.391. The Morgan fingerprint density at radius 2 is 1.67 bits per heavy atom. The molecule has 0 saturated heterocycles. The quantitative estimate of drug-likeness (QED) is 0.746. The molecule has 0 amide bonds. The maximum atomic E-state index is 3.64. The minimum atomic E-state index is 0.130. The molecule has 0 bridgehead atoms. The van der Waals surface area contributed by atoms with E-state index in [1.807, 2.05) is 6.20 Å². The number of fused-ring (bicyclic) bond motifs is 1. The van der Waals surface area contributed by atoms with Gasteiger partial charge in [-0.2, -0.15) is 0 Å². The average Bonchev–Trinajstić information content (AvgIpc) is 3.16. The number of rotatable bonds is 2. The molecular weight excluding hydrogens is 332 g/mol. The third-order valence-corrected chi connectivity index (χ3v) is 5.68. The predicted molar refractivity (Wildman–Crippen MR) is 116 cm³/mol. The monoisotopic (exact) mass is 362 g/mol. The molecule has 2 atom stereocenters. The number of benzene rings is 2. The van der Waals surface area contributed by atoms with Gasteiger partial charge in [-0.3, -0.25) is 0 Å². The predicted octanol–water partition coefficient (Wildman–Crippen LogP) is 5.43. The smallest absolute Gasteiger partial charge is 0.101 e. The number of hydrogen-bond donors (Lipinski definition) is 2. The lowest BCUT2D eigenvalue weighted by molar-refractivity contribution is 0.590. The normalized spacial score (nSPS) is 21.3. The molecule has 4 rings (SSSR count). The topological polar surface area (TPSA) is 30.5 Å². The van der Waals surface area contributed by atoms with E-state index in [-0.39, 0.29) is 17.7 Å². The van der Waals surface area contributed by atoms with Gasteiger partial charge < -0.3 is 20.4 Å². The van der Waals surface area contributed by atoms with Gasteiger partial charge in [0.15, 0.2) is 0 Å². The van der Waals surface area contributed by atoms with Crippen molar-refractivity contribution in [2.24, 2.45) is 0 Å². The van der Waals surface area contributed by atoms with Gasteiger partial charge in [-0.25, -0.2) is 0 Å². The Morgan fingerprint density at radius 1 is 0.926 bits per heavy atom. The van der Waals surface area contributed by atoms with Crippen LogP contribution >= 0.6 is 0 Å². The second-order valence-electron chi connectivity index (χ2n) is 8.66. The molecule has 2 aliphatic heterocycles. The van der Waals surface area contributed by atoms with Crippen molar-refractivity contribution in [3.8, 4) is 0 Å². The van der Waals surface area contributed by atoms with Crippen LogP contribution in [0.25, 0.3) is 0 Å². The first kappa shape index (κ1) is 17.8. The summed E-state index contributed by atoms with van der Waals surface area (Å²) in [5.41, 5.74) is 7.75. The van der Waals surface area contributed by atoms with E-state index >= 15 is 0 Å². The van der Waals surface area contributed by atoms with Gasteiger partial charge in [0, 0.05) is 23.8 Å². The van der Waals surface area contributed by atoms with Crippen molar-refractivity contribution in [2.75, 3.05) is 15.1 Å². The summed E-state index contributed by atoms with van der Waals surface area (Å²) < 4.78 is 0. The summed E-state index contributed by atoms with van der Waals surface area (Å²) in [6, 6.07) is 13.4. The van der Waals surface area contributed by atoms with Gasteiger partial charge in [-0.15, -0.1) is 0 Å². The van der Waals surface area contributed by atoms with Gasteiger partial charge in [-0.05, 0) is 61.6 Å². The van der Waals surface area contributed by atoms with Crippen LogP contribution in [-0.4, -0.2) is 12.3 Å². The van der Waals surface area contributed by atoms with Crippen molar-refractivity contribution in [2.45, 2.75) is 59.3 Å². The molecule has 2 aliphatic rings. The van der Waals surface area contributed by atoms with E-state index in [0.717, 1.165) is 0 Å². The molecule has 2 N–H and O–H groups in total. The van der Waals surface area contributed by atoms with E-state index in [1.165, 1.54) is 33.9 Å². The fourth-order valence-corrected chi connectivity index (χ4v) is 4.07. The van der Waals surface area contributed by atoms with Gasteiger partial charge in [0.25, 0.3) is 0 Å². The van der Waals surface area contributed by atoms with Crippen molar-refractivity contribution in [3.05, 3.63) is 59.9 Å². The Bertz CT molecular complexity index is 894. The van der Waals surface area contributed by atoms with Gasteiger partial charge >= 0.3 is 0 Å². The average molecular weight is 363 g/mol. The molecule has 0 aliphatic carbocycles. The van der Waals surface area contributed by atoms with Gasteiger partial charge in [0.05, 0.1) is 17.5 Å². The molecular formula is C23H30N4. The summed E-state index contributed by atoms with van der Waals surface area (Å²) >= 11 is 0. The van der Waals surface area contributed by atoms with Crippen molar-refractivity contribution >= 4 is 22.7 Å². The molecule has 0 aromatic heterocycles. The molecule has 0 spiro atoms. The van der Waals surface area contributed by atoms with E-state index < -0.39 is 0 Å². The molecule has 0 radical (unpaired) electrons. The van der Waals surface area contributed by atoms with Crippen LogP contribution in [0.5, 0.6) is 0 Å². The summed E-state index contributed by atoms with van der Waals surface area (Å²) in [7, 11) is 0. The van der Waals surface area contributed by atoms with Gasteiger partial charge in [0.2, 0.25) is 0 Å². The summed E-state index contributed by atoms with van der Waals surface area (Å²) in [6.45, 7) is 13.4. The minimum Gasteiger partial charge on any atom is -0.370 e. The van der Waals surface area contributed by atoms with Crippen molar-refractivity contribution in [1.29, 1.82) is 0 Å². The minimum absolute atomic E-state index is 0.130. The first-order chi connectivity index (χ1) is 12.8. The van der Waals surface area contributed by atoms with Crippen molar-refractivity contribution in [1.82, 2.24) is 5.32 Å². The Balaban J connectivity index is 1.80. The van der Waals surface area contributed by atoms with Crippen LogP contribution in [0, 0.1) is 6.92 Å². The van der Waals surface area contributed by atoms with E-state index in [1.54, 1.807) is 0 Å². The number of hydrogen-bond acceptors (Lipinski definition) is 4. The van der Waals surface area contributed by atoms with E-state index in [9.17, 15) is 0 Å². The lowest BCUT2D eigenvalue weighted by Crippen LogP contribution is -2.33. The SMILES string of the molecule is Cc1c(N2C=CNC2C)cccc1N1c2cc(C(C)(C)C)ccc2N[C@H]1C. The van der Waals surface area contributed by atoms with Crippen LogP contribution in [0.15, 0.2) is 48.8 Å². The summed E-state index contributed by atoms with van der Waals surface area (Å²) in [6.07, 6.45) is 4.62. The second kappa shape index (κ2) is 6.22. The van der Waals surface area contributed by atoms with Crippen LogP contribution in [0.4, 0.5) is 22.7 Å². The van der Waals surface area contributed by atoms with Crippen LogP contribution in [0.2, 0.25) is 0 Å². The van der Waals surface area contributed by atoms with Gasteiger partial charge in [0.1, 0.15) is 6.17 Å².